The fourth-order valence-corrected chi connectivity index (χ4v) is 3.70. The average molecular weight is 526 g/mol. The quantitative estimate of drug-likeness (QED) is 0.389. The van der Waals surface area contributed by atoms with Crippen LogP contribution in [-0.4, -0.2) is 39.7 Å². The van der Waals surface area contributed by atoms with E-state index in [0.29, 0.717) is 18.1 Å². The number of aromatic nitrogens is 2. The second-order valence-corrected chi connectivity index (χ2v) is 10.2. The number of nitrogens with zero attached hydrogens (tertiary/aromatic N) is 3. The van der Waals surface area contributed by atoms with E-state index in [9.17, 15) is 9.59 Å². The minimum absolute atomic E-state index is 0.0694. The summed E-state index contributed by atoms with van der Waals surface area (Å²) in [6.45, 7) is 10.6. The molecule has 3 aromatic rings. The van der Waals surface area contributed by atoms with E-state index in [1.165, 1.54) is 4.90 Å². The first-order valence-electron chi connectivity index (χ1n) is 11.4. The van der Waals surface area contributed by atoms with Crippen molar-refractivity contribution >= 4 is 39.4 Å². The highest BCUT2D eigenvalue weighted by Crippen LogP contribution is 2.27. The summed E-state index contributed by atoms with van der Waals surface area (Å²) in [6, 6.07) is 16.8. The summed E-state index contributed by atoms with van der Waals surface area (Å²) < 4.78 is 2.69. The number of nitrogens with one attached hydrogen (secondary N) is 2. The van der Waals surface area contributed by atoms with E-state index in [1.54, 1.807) is 16.8 Å². The summed E-state index contributed by atoms with van der Waals surface area (Å²) in [7, 11) is 0. The van der Waals surface area contributed by atoms with Crippen LogP contribution in [0.3, 0.4) is 0 Å². The van der Waals surface area contributed by atoms with Crippen molar-refractivity contribution in [2.24, 2.45) is 0 Å². The van der Waals surface area contributed by atoms with Gasteiger partial charge in [-0.1, -0.05) is 61.8 Å². The maximum Gasteiger partial charge on any atom is 0.322 e. The van der Waals surface area contributed by atoms with Gasteiger partial charge in [-0.2, -0.15) is 5.10 Å². The number of urea groups is 1. The lowest BCUT2D eigenvalue weighted by atomic mass is 9.92. The highest BCUT2D eigenvalue weighted by Gasteiger charge is 2.23. The van der Waals surface area contributed by atoms with Crippen molar-refractivity contribution in [1.29, 1.82) is 0 Å². The molecule has 0 unspecified atom stereocenters. The molecule has 0 aliphatic heterocycles. The van der Waals surface area contributed by atoms with Gasteiger partial charge in [0.2, 0.25) is 5.91 Å². The highest BCUT2D eigenvalue weighted by atomic mass is 79.9. The minimum Gasteiger partial charge on any atom is -0.315 e. The number of aryl methyl sites for hydroxylation is 1. The Morgan fingerprint density at radius 2 is 1.74 bits per heavy atom. The standard InChI is InChI=1S/C26H32BrN5O2/c1-6-15-31(25(34)28-20-13-11-19(27)12-14-20)17-24(33)29-23-16-22(26(3,4)5)30-32(23)21-10-8-7-9-18(21)2/h7-14,16H,6,15,17H2,1-5H3,(H,28,34)(H,29,33). The van der Waals surface area contributed by atoms with Crippen LogP contribution in [0.5, 0.6) is 0 Å². The van der Waals surface area contributed by atoms with Gasteiger partial charge in [-0.15, -0.1) is 0 Å². The molecule has 0 bridgehead atoms. The highest BCUT2D eigenvalue weighted by molar-refractivity contribution is 9.10. The van der Waals surface area contributed by atoms with Crippen LogP contribution in [-0.2, 0) is 10.2 Å². The Bertz CT molecular complexity index is 1150. The van der Waals surface area contributed by atoms with Crippen molar-refractivity contribution in [2.75, 3.05) is 23.7 Å². The zero-order valence-corrected chi connectivity index (χ0v) is 21.9. The Morgan fingerprint density at radius 1 is 1.06 bits per heavy atom. The largest absolute Gasteiger partial charge is 0.322 e. The Balaban J connectivity index is 1.80. The summed E-state index contributed by atoms with van der Waals surface area (Å²) in [4.78, 5) is 27.4. The zero-order chi connectivity index (χ0) is 24.9. The number of carbonyl (C=O) groups is 2. The number of carbonyl (C=O) groups excluding carboxylic acids is 2. The lowest BCUT2D eigenvalue weighted by Crippen LogP contribution is -2.41. The lowest BCUT2D eigenvalue weighted by molar-refractivity contribution is -0.116. The van der Waals surface area contributed by atoms with Gasteiger partial charge in [0.25, 0.3) is 0 Å². The summed E-state index contributed by atoms with van der Waals surface area (Å²) in [5.41, 5.74) is 3.29. The summed E-state index contributed by atoms with van der Waals surface area (Å²) in [5.74, 6) is 0.295. The fourth-order valence-electron chi connectivity index (χ4n) is 3.44. The topological polar surface area (TPSA) is 79.3 Å². The molecule has 3 rings (SSSR count). The van der Waals surface area contributed by atoms with Crippen molar-refractivity contribution in [3.8, 4) is 5.69 Å². The summed E-state index contributed by atoms with van der Waals surface area (Å²) in [6.07, 6.45) is 0.732. The van der Waals surface area contributed by atoms with Crippen LogP contribution in [0, 0.1) is 6.92 Å². The maximum absolute atomic E-state index is 13.0. The molecule has 0 aliphatic rings. The smallest absolute Gasteiger partial charge is 0.315 e. The molecule has 0 atom stereocenters. The molecule has 0 spiro atoms. The molecule has 0 aliphatic carbocycles. The molecule has 2 aromatic carbocycles. The molecule has 0 saturated heterocycles. The molecule has 0 fully saturated rings. The molecule has 2 N–H and O–H groups in total. The van der Waals surface area contributed by atoms with Crippen molar-refractivity contribution in [2.45, 2.75) is 46.5 Å². The average Bonchev–Trinajstić information content (AvgIpc) is 3.19. The number of halogens is 1. The molecule has 1 heterocycles. The Kier molecular flexibility index (Phi) is 8.15. The molecular formula is C26H32BrN5O2. The number of para-hydroxylation sites is 1. The summed E-state index contributed by atoms with van der Waals surface area (Å²) >= 11 is 3.39. The molecule has 0 radical (unpaired) electrons. The lowest BCUT2D eigenvalue weighted by Gasteiger charge is -2.22. The van der Waals surface area contributed by atoms with Crippen LogP contribution in [0.15, 0.2) is 59.1 Å². The Labute approximate surface area is 209 Å². The first-order valence-corrected chi connectivity index (χ1v) is 12.2. The van der Waals surface area contributed by atoms with Gasteiger partial charge in [0.15, 0.2) is 0 Å². The third kappa shape index (κ3) is 6.47. The molecule has 7 nitrogen and oxygen atoms in total. The van der Waals surface area contributed by atoms with E-state index < -0.39 is 0 Å². The SMILES string of the molecule is CCCN(CC(=O)Nc1cc(C(C)(C)C)nn1-c1ccccc1C)C(=O)Nc1ccc(Br)cc1. The van der Waals surface area contributed by atoms with Crippen LogP contribution >= 0.6 is 15.9 Å². The molecule has 1 aromatic heterocycles. The van der Waals surface area contributed by atoms with Gasteiger partial charge in [0, 0.05) is 28.2 Å². The summed E-state index contributed by atoms with van der Waals surface area (Å²) in [5, 5.41) is 10.6. The van der Waals surface area contributed by atoms with E-state index in [0.717, 1.165) is 27.8 Å². The van der Waals surface area contributed by atoms with Gasteiger partial charge in [-0.05, 0) is 49.2 Å². The molecule has 8 heteroatoms. The number of hydrogen-bond acceptors (Lipinski definition) is 3. The van der Waals surface area contributed by atoms with E-state index in [1.807, 2.05) is 56.3 Å². The van der Waals surface area contributed by atoms with E-state index >= 15 is 0 Å². The second kappa shape index (κ2) is 10.9. The first-order chi connectivity index (χ1) is 16.1. The molecule has 0 saturated carbocycles. The molecule has 180 valence electrons. The second-order valence-electron chi connectivity index (χ2n) is 9.27. The van der Waals surface area contributed by atoms with Gasteiger partial charge in [-0.3, -0.25) is 4.79 Å². The first kappa shape index (κ1) is 25.5. The molecular weight excluding hydrogens is 494 g/mol. The normalized spacial score (nSPS) is 11.2. The maximum atomic E-state index is 13.0. The van der Waals surface area contributed by atoms with Gasteiger partial charge >= 0.3 is 6.03 Å². The van der Waals surface area contributed by atoms with Crippen molar-refractivity contribution in [3.63, 3.8) is 0 Å². The number of amides is 3. The van der Waals surface area contributed by atoms with E-state index in [-0.39, 0.29) is 23.9 Å². The van der Waals surface area contributed by atoms with E-state index in [4.69, 9.17) is 5.10 Å². The van der Waals surface area contributed by atoms with Crippen molar-refractivity contribution in [3.05, 3.63) is 70.3 Å². The third-order valence-corrected chi connectivity index (χ3v) is 5.83. The van der Waals surface area contributed by atoms with Gasteiger partial charge in [-0.25, -0.2) is 9.48 Å². The van der Waals surface area contributed by atoms with Gasteiger partial charge in [0.1, 0.15) is 12.4 Å². The third-order valence-electron chi connectivity index (χ3n) is 5.30. The fraction of sp³-hybridized carbons (Fsp3) is 0.346. The van der Waals surface area contributed by atoms with Gasteiger partial charge < -0.3 is 15.5 Å². The minimum atomic E-state index is -0.317. The number of benzene rings is 2. The predicted octanol–water partition coefficient (Wildman–Crippen LogP) is 6.12. The van der Waals surface area contributed by atoms with Crippen LogP contribution in [0.1, 0.15) is 45.4 Å². The van der Waals surface area contributed by atoms with Crippen molar-refractivity contribution in [1.82, 2.24) is 14.7 Å². The van der Waals surface area contributed by atoms with Crippen LogP contribution < -0.4 is 10.6 Å². The predicted molar refractivity (Wildman–Crippen MR) is 141 cm³/mol. The molecule has 34 heavy (non-hydrogen) atoms. The number of hydrogen-bond donors (Lipinski definition) is 2. The van der Waals surface area contributed by atoms with Crippen molar-refractivity contribution < 1.29 is 9.59 Å². The van der Waals surface area contributed by atoms with Crippen LogP contribution in [0.25, 0.3) is 5.69 Å². The number of anilines is 2. The monoisotopic (exact) mass is 525 g/mol. The Morgan fingerprint density at radius 3 is 2.35 bits per heavy atom. The molecule has 3 amide bonds. The Hall–Kier alpha value is -3.13. The van der Waals surface area contributed by atoms with Gasteiger partial charge in [0.05, 0.1) is 11.4 Å². The zero-order valence-electron chi connectivity index (χ0n) is 20.4. The van der Waals surface area contributed by atoms with E-state index in [2.05, 4.69) is 47.3 Å². The van der Waals surface area contributed by atoms with Crippen LogP contribution in [0.4, 0.5) is 16.3 Å². The van der Waals surface area contributed by atoms with Crippen LogP contribution in [0.2, 0.25) is 0 Å². The number of rotatable bonds is 7.